The number of aliphatic hydroxyl groups excluding tert-OH is 3. The first-order valence-corrected chi connectivity index (χ1v) is 7.73. The maximum absolute atomic E-state index is 12.0. The highest BCUT2D eigenvalue weighted by Gasteiger charge is 2.44. The number of nitrogens with zero attached hydrogens (tertiary/aromatic N) is 2. The molecule has 2 fully saturated rings. The standard InChI is InChI=1S/C15H22N2O6/c1-16-6-2-3-10(16)9-4-5-12(19)17(7-9)23-15-14(21)13(20)11(8-18)22-15/h4-5,7,10-11,13-15,18,20-21H,2-3,6,8H2,1H3/t10?,11-,13-,14-,15-/m1/s1. The second-order valence-electron chi connectivity index (χ2n) is 6.08. The second-order valence-corrected chi connectivity index (χ2v) is 6.08. The molecule has 1 aromatic rings. The molecule has 0 amide bonds. The summed E-state index contributed by atoms with van der Waals surface area (Å²) in [6.45, 7) is 0.555. The molecule has 3 heterocycles. The first kappa shape index (κ1) is 16.4. The van der Waals surface area contributed by atoms with Gasteiger partial charge in [0.25, 0.3) is 11.8 Å². The third kappa shape index (κ3) is 3.13. The minimum Gasteiger partial charge on any atom is -0.394 e. The first-order chi connectivity index (χ1) is 11.0. The minimum absolute atomic E-state index is 0.218. The van der Waals surface area contributed by atoms with E-state index in [2.05, 4.69) is 4.90 Å². The SMILES string of the molecule is CN1CCCC1c1ccc(=O)n(O[C@H]2O[C@H](CO)[C@@H](O)[C@H]2O)c1. The molecule has 2 aliphatic heterocycles. The van der Waals surface area contributed by atoms with Crippen molar-refractivity contribution < 1.29 is 24.9 Å². The van der Waals surface area contributed by atoms with E-state index in [4.69, 9.17) is 14.7 Å². The zero-order chi connectivity index (χ0) is 16.6. The largest absolute Gasteiger partial charge is 0.394 e. The van der Waals surface area contributed by atoms with Crippen LogP contribution in [0.4, 0.5) is 0 Å². The smallest absolute Gasteiger partial charge is 0.283 e. The number of hydrogen-bond acceptors (Lipinski definition) is 7. The van der Waals surface area contributed by atoms with Crippen molar-refractivity contribution in [3.05, 3.63) is 34.2 Å². The monoisotopic (exact) mass is 326 g/mol. The molecule has 8 nitrogen and oxygen atoms in total. The van der Waals surface area contributed by atoms with Gasteiger partial charge in [0.15, 0.2) is 0 Å². The van der Waals surface area contributed by atoms with E-state index in [-0.39, 0.29) is 6.04 Å². The zero-order valence-electron chi connectivity index (χ0n) is 12.9. The Hall–Kier alpha value is -1.45. The molecule has 128 valence electrons. The Labute approximate surface area is 133 Å². The van der Waals surface area contributed by atoms with E-state index in [1.54, 1.807) is 12.3 Å². The van der Waals surface area contributed by atoms with Gasteiger partial charge in [-0.25, -0.2) is 0 Å². The van der Waals surface area contributed by atoms with Crippen molar-refractivity contribution in [3.8, 4) is 0 Å². The molecule has 0 aromatic carbocycles. The van der Waals surface area contributed by atoms with Crippen LogP contribution in [0.25, 0.3) is 0 Å². The third-order valence-electron chi connectivity index (χ3n) is 4.52. The van der Waals surface area contributed by atoms with Crippen LogP contribution in [0.1, 0.15) is 24.4 Å². The van der Waals surface area contributed by atoms with Gasteiger partial charge in [0.1, 0.15) is 18.3 Å². The van der Waals surface area contributed by atoms with Gasteiger partial charge in [-0.3, -0.25) is 9.69 Å². The third-order valence-corrected chi connectivity index (χ3v) is 4.52. The topological polar surface area (TPSA) is 104 Å². The fourth-order valence-corrected chi connectivity index (χ4v) is 3.16. The quantitative estimate of drug-likeness (QED) is 0.617. The second kappa shape index (κ2) is 6.58. The molecule has 1 unspecified atom stereocenters. The molecular formula is C15H22N2O6. The average Bonchev–Trinajstić information content (AvgIpc) is 3.08. The van der Waals surface area contributed by atoms with Gasteiger partial charge < -0.3 is 24.9 Å². The zero-order valence-corrected chi connectivity index (χ0v) is 12.9. The molecule has 2 saturated heterocycles. The number of aromatic nitrogens is 1. The van der Waals surface area contributed by atoms with Crippen molar-refractivity contribution in [1.29, 1.82) is 0 Å². The number of hydrogen-bond donors (Lipinski definition) is 3. The van der Waals surface area contributed by atoms with Crippen molar-refractivity contribution in [2.75, 3.05) is 20.2 Å². The average molecular weight is 326 g/mol. The van der Waals surface area contributed by atoms with Crippen LogP contribution in [0.3, 0.4) is 0 Å². The van der Waals surface area contributed by atoms with Crippen LogP contribution < -0.4 is 10.4 Å². The summed E-state index contributed by atoms with van der Waals surface area (Å²) in [5.74, 6) is 0. The highest BCUT2D eigenvalue weighted by atomic mass is 16.8. The van der Waals surface area contributed by atoms with Crippen LogP contribution in [-0.2, 0) is 4.74 Å². The predicted molar refractivity (Wildman–Crippen MR) is 79.6 cm³/mol. The molecular weight excluding hydrogens is 304 g/mol. The molecule has 2 aliphatic rings. The Balaban J connectivity index is 1.79. The van der Waals surface area contributed by atoms with Crippen molar-refractivity contribution in [1.82, 2.24) is 9.63 Å². The fraction of sp³-hybridized carbons (Fsp3) is 0.667. The van der Waals surface area contributed by atoms with Crippen LogP contribution in [-0.4, -0.2) is 69.8 Å². The van der Waals surface area contributed by atoms with Crippen LogP contribution in [0.5, 0.6) is 0 Å². The van der Waals surface area contributed by atoms with Gasteiger partial charge in [-0.15, -0.1) is 4.73 Å². The van der Waals surface area contributed by atoms with Crippen molar-refractivity contribution in [3.63, 3.8) is 0 Å². The van der Waals surface area contributed by atoms with E-state index >= 15 is 0 Å². The van der Waals surface area contributed by atoms with E-state index in [0.29, 0.717) is 0 Å². The predicted octanol–water partition coefficient (Wildman–Crippen LogP) is -1.52. The molecule has 3 rings (SSSR count). The van der Waals surface area contributed by atoms with Gasteiger partial charge in [0.05, 0.1) is 12.8 Å². The molecule has 0 saturated carbocycles. The Bertz CT molecular complexity index is 606. The van der Waals surface area contributed by atoms with E-state index in [1.807, 2.05) is 7.05 Å². The summed E-state index contributed by atoms with van der Waals surface area (Å²) >= 11 is 0. The summed E-state index contributed by atoms with van der Waals surface area (Å²) in [6, 6.07) is 3.39. The molecule has 8 heteroatoms. The summed E-state index contributed by atoms with van der Waals surface area (Å²) in [7, 11) is 2.03. The molecule has 0 radical (unpaired) electrons. The Morgan fingerprint density at radius 2 is 2.13 bits per heavy atom. The van der Waals surface area contributed by atoms with Gasteiger partial charge in [-0.2, -0.15) is 0 Å². The highest BCUT2D eigenvalue weighted by molar-refractivity contribution is 5.15. The summed E-state index contributed by atoms with van der Waals surface area (Å²) < 4.78 is 6.25. The normalized spacial score (nSPS) is 34.9. The van der Waals surface area contributed by atoms with E-state index in [0.717, 1.165) is 29.7 Å². The summed E-state index contributed by atoms with van der Waals surface area (Å²) in [6.07, 6.45) is -1.06. The van der Waals surface area contributed by atoms with Crippen molar-refractivity contribution in [2.24, 2.45) is 0 Å². The summed E-state index contributed by atoms with van der Waals surface area (Å²) in [5, 5.41) is 28.7. The fourth-order valence-electron chi connectivity index (χ4n) is 3.16. The Morgan fingerprint density at radius 3 is 2.74 bits per heavy atom. The van der Waals surface area contributed by atoms with Crippen molar-refractivity contribution >= 4 is 0 Å². The summed E-state index contributed by atoms with van der Waals surface area (Å²) in [5.41, 5.74) is 0.545. The lowest BCUT2D eigenvalue weighted by molar-refractivity contribution is -0.173. The maximum atomic E-state index is 12.0. The molecule has 0 bridgehead atoms. The Morgan fingerprint density at radius 1 is 1.35 bits per heavy atom. The van der Waals surface area contributed by atoms with Crippen LogP contribution in [0.2, 0.25) is 0 Å². The molecule has 0 aliphatic carbocycles. The number of ether oxygens (including phenoxy) is 1. The van der Waals surface area contributed by atoms with E-state index in [9.17, 15) is 15.0 Å². The van der Waals surface area contributed by atoms with E-state index < -0.39 is 36.8 Å². The number of likely N-dealkylation sites (tertiary alicyclic amines) is 1. The molecule has 0 spiro atoms. The summed E-state index contributed by atoms with van der Waals surface area (Å²) in [4.78, 5) is 19.6. The minimum atomic E-state index is -1.34. The lowest BCUT2D eigenvalue weighted by atomic mass is 10.1. The molecule has 3 N–H and O–H groups in total. The van der Waals surface area contributed by atoms with Crippen molar-refractivity contribution in [2.45, 2.75) is 43.5 Å². The number of pyridine rings is 1. The van der Waals surface area contributed by atoms with Gasteiger partial charge in [-0.1, -0.05) is 6.07 Å². The molecule has 1 aromatic heterocycles. The lowest BCUT2D eigenvalue weighted by Crippen LogP contribution is -2.41. The number of rotatable bonds is 4. The lowest BCUT2D eigenvalue weighted by Gasteiger charge is -2.22. The highest BCUT2D eigenvalue weighted by Crippen LogP contribution is 2.29. The van der Waals surface area contributed by atoms with E-state index in [1.165, 1.54) is 6.07 Å². The maximum Gasteiger partial charge on any atom is 0.283 e. The Kier molecular flexibility index (Phi) is 4.69. The molecule has 5 atom stereocenters. The van der Waals surface area contributed by atoms with Gasteiger partial charge in [0, 0.05) is 12.1 Å². The van der Waals surface area contributed by atoms with Crippen LogP contribution in [0, 0.1) is 0 Å². The van der Waals surface area contributed by atoms with Crippen LogP contribution >= 0.6 is 0 Å². The first-order valence-electron chi connectivity index (χ1n) is 7.73. The van der Waals surface area contributed by atoms with Gasteiger partial charge in [0.2, 0.25) is 0 Å². The number of aliphatic hydroxyl groups is 3. The van der Waals surface area contributed by atoms with Gasteiger partial charge in [-0.05, 0) is 32.0 Å². The van der Waals surface area contributed by atoms with Crippen LogP contribution in [0.15, 0.2) is 23.1 Å². The van der Waals surface area contributed by atoms with Gasteiger partial charge >= 0.3 is 0 Å². The molecule has 23 heavy (non-hydrogen) atoms.